The number of hydrogen-bond acceptors (Lipinski definition) is 4. The largest absolute Gasteiger partial charge is 0.396 e. The number of carbonyl (C=O) groups excluding carboxylic acids is 1. The minimum atomic E-state index is 0.00596. The second kappa shape index (κ2) is 5.67. The number of nitrogen functional groups attached to an aromatic ring is 1. The van der Waals surface area contributed by atoms with E-state index in [1.165, 1.54) is 0 Å². The normalized spacial score (nSPS) is 20.1. The molecule has 2 rings (SSSR count). The lowest BCUT2D eigenvalue weighted by molar-refractivity contribution is -0.128. The predicted octanol–water partition coefficient (Wildman–Crippen LogP) is 0.00810. The molecule has 1 atom stereocenters. The van der Waals surface area contributed by atoms with Gasteiger partial charge in [0.15, 0.2) is 0 Å². The molecule has 94 valence electrons. The highest BCUT2D eigenvalue weighted by Crippen LogP contribution is 2.13. The molecule has 1 aromatic rings. The van der Waals surface area contributed by atoms with E-state index in [9.17, 15) is 4.79 Å². The number of rotatable bonds is 4. The SMILES string of the molecule is Nc1cnn(CCNC(=O)C2CCCOC2)c1. The van der Waals surface area contributed by atoms with Gasteiger partial charge in [-0.3, -0.25) is 9.48 Å². The molecule has 17 heavy (non-hydrogen) atoms. The number of anilines is 1. The van der Waals surface area contributed by atoms with Gasteiger partial charge in [-0.1, -0.05) is 0 Å². The van der Waals surface area contributed by atoms with Gasteiger partial charge in [0, 0.05) is 19.3 Å². The number of amides is 1. The molecule has 0 saturated carbocycles. The van der Waals surface area contributed by atoms with Crippen molar-refractivity contribution in [3.8, 4) is 0 Å². The molecule has 1 aliphatic rings. The van der Waals surface area contributed by atoms with Crippen LogP contribution < -0.4 is 11.1 Å². The van der Waals surface area contributed by atoms with Crippen molar-refractivity contribution in [2.45, 2.75) is 19.4 Å². The fourth-order valence-corrected chi connectivity index (χ4v) is 1.89. The van der Waals surface area contributed by atoms with Crippen molar-refractivity contribution < 1.29 is 9.53 Å². The van der Waals surface area contributed by atoms with E-state index in [0.717, 1.165) is 19.4 Å². The summed E-state index contributed by atoms with van der Waals surface area (Å²) in [4.78, 5) is 11.7. The average Bonchev–Trinajstić information content (AvgIpc) is 2.76. The second-order valence-corrected chi connectivity index (χ2v) is 4.24. The van der Waals surface area contributed by atoms with Crippen molar-refractivity contribution in [2.75, 3.05) is 25.5 Å². The summed E-state index contributed by atoms with van der Waals surface area (Å²) in [5.41, 5.74) is 6.18. The van der Waals surface area contributed by atoms with E-state index >= 15 is 0 Å². The third kappa shape index (κ3) is 3.45. The molecule has 0 spiro atoms. The van der Waals surface area contributed by atoms with Gasteiger partial charge in [0.25, 0.3) is 0 Å². The summed E-state index contributed by atoms with van der Waals surface area (Å²) >= 11 is 0. The van der Waals surface area contributed by atoms with Gasteiger partial charge in [-0.25, -0.2) is 0 Å². The highest BCUT2D eigenvalue weighted by atomic mass is 16.5. The Morgan fingerprint density at radius 2 is 2.59 bits per heavy atom. The van der Waals surface area contributed by atoms with Crippen molar-refractivity contribution in [2.24, 2.45) is 5.92 Å². The van der Waals surface area contributed by atoms with E-state index in [1.807, 2.05) is 0 Å². The lowest BCUT2D eigenvalue weighted by Crippen LogP contribution is -2.37. The first-order valence-electron chi connectivity index (χ1n) is 5.89. The third-order valence-electron chi connectivity index (χ3n) is 2.82. The van der Waals surface area contributed by atoms with E-state index < -0.39 is 0 Å². The van der Waals surface area contributed by atoms with Crippen LogP contribution in [-0.4, -0.2) is 35.4 Å². The number of nitrogens with one attached hydrogen (secondary N) is 1. The van der Waals surface area contributed by atoms with Gasteiger partial charge in [-0.2, -0.15) is 5.10 Å². The minimum absolute atomic E-state index is 0.00596. The fourth-order valence-electron chi connectivity index (χ4n) is 1.89. The first-order chi connectivity index (χ1) is 8.25. The van der Waals surface area contributed by atoms with Crippen LogP contribution in [0.1, 0.15) is 12.8 Å². The van der Waals surface area contributed by atoms with Crippen LogP contribution in [0.25, 0.3) is 0 Å². The zero-order valence-electron chi connectivity index (χ0n) is 9.76. The van der Waals surface area contributed by atoms with Crippen molar-refractivity contribution in [1.82, 2.24) is 15.1 Å². The van der Waals surface area contributed by atoms with Crippen molar-refractivity contribution in [3.05, 3.63) is 12.4 Å². The number of ether oxygens (including phenoxy) is 1. The van der Waals surface area contributed by atoms with Gasteiger partial charge in [0.2, 0.25) is 5.91 Å². The van der Waals surface area contributed by atoms with Gasteiger partial charge in [0.1, 0.15) is 0 Å². The number of carbonyl (C=O) groups is 1. The van der Waals surface area contributed by atoms with Gasteiger partial charge < -0.3 is 15.8 Å². The molecule has 1 unspecified atom stereocenters. The maximum Gasteiger partial charge on any atom is 0.225 e. The fraction of sp³-hybridized carbons (Fsp3) is 0.636. The summed E-state index contributed by atoms with van der Waals surface area (Å²) < 4.78 is 6.99. The van der Waals surface area contributed by atoms with Gasteiger partial charge in [-0.05, 0) is 12.8 Å². The Balaban J connectivity index is 1.69. The van der Waals surface area contributed by atoms with Crippen LogP contribution in [-0.2, 0) is 16.1 Å². The number of nitrogens with zero attached hydrogens (tertiary/aromatic N) is 2. The van der Waals surface area contributed by atoms with Crippen LogP contribution in [0.3, 0.4) is 0 Å². The molecule has 1 fully saturated rings. The maximum atomic E-state index is 11.7. The van der Waals surface area contributed by atoms with Crippen molar-refractivity contribution >= 4 is 11.6 Å². The van der Waals surface area contributed by atoms with Crippen molar-refractivity contribution in [3.63, 3.8) is 0 Å². The van der Waals surface area contributed by atoms with Crippen LogP contribution >= 0.6 is 0 Å². The van der Waals surface area contributed by atoms with Gasteiger partial charge >= 0.3 is 0 Å². The van der Waals surface area contributed by atoms with E-state index in [0.29, 0.717) is 25.4 Å². The quantitative estimate of drug-likeness (QED) is 0.774. The standard InChI is InChI=1S/C11H18N4O2/c12-10-6-14-15(7-10)4-3-13-11(16)9-2-1-5-17-8-9/h6-7,9H,1-5,8,12H2,(H,13,16). The Bertz CT molecular complexity index is 371. The summed E-state index contributed by atoms with van der Waals surface area (Å²) in [5.74, 6) is 0.0799. The Morgan fingerprint density at radius 3 is 3.24 bits per heavy atom. The molecule has 1 saturated heterocycles. The van der Waals surface area contributed by atoms with E-state index in [2.05, 4.69) is 10.4 Å². The van der Waals surface area contributed by atoms with E-state index in [1.54, 1.807) is 17.1 Å². The van der Waals surface area contributed by atoms with Crippen LogP contribution in [0.15, 0.2) is 12.4 Å². The Labute approximate surface area is 100 Å². The smallest absolute Gasteiger partial charge is 0.225 e. The molecule has 0 bridgehead atoms. The molecule has 1 amide bonds. The summed E-state index contributed by atoms with van der Waals surface area (Å²) in [6.07, 6.45) is 5.22. The molecule has 6 heteroatoms. The summed E-state index contributed by atoms with van der Waals surface area (Å²) in [5, 5.41) is 6.93. The molecule has 6 nitrogen and oxygen atoms in total. The lowest BCUT2D eigenvalue weighted by atomic mass is 10.0. The highest BCUT2D eigenvalue weighted by molar-refractivity contribution is 5.78. The first kappa shape index (κ1) is 11.9. The van der Waals surface area contributed by atoms with E-state index in [4.69, 9.17) is 10.5 Å². The monoisotopic (exact) mass is 238 g/mol. The molecule has 2 heterocycles. The van der Waals surface area contributed by atoms with E-state index in [-0.39, 0.29) is 11.8 Å². The molecular formula is C11H18N4O2. The maximum absolute atomic E-state index is 11.7. The van der Waals surface area contributed by atoms with Crippen molar-refractivity contribution in [1.29, 1.82) is 0 Å². The summed E-state index contributed by atoms with van der Waals surface area (Å²) in [7, 11) is 0. The van der Waals surface area contributed by atoms with Gasteiger partial charge in [-0.15, -0.1) is 0 Å². The zero-order valence-corrected chi connectivity index (χ0v) is 9.76. The summed E-state index contributed by atoms with van der Waals surface area (Å²) in [6.45, 7) is 2.52. The Morgan fingerprint density at radius 1 is 1.71 bits per heavy atom. The molecule has 0 aromatic carbocycles. The Kier molecular flexibility index (Phi) is 3.98. The third-order valence-corrected chi connectivity index (χ3v) is 2.82. The lowest BCUT2D eigenvalue weighted by Gasteiger charge is -2.21. The van der Waals surface area contributed by atoms with Crippen LogP contribution in [0, 0.1) is 5.92 Å². The molecule has 1 aromatic heterocycles. The molecule has 0 radical (unpaired) electrons. The van der Waals surface area contributed by atoms with Gasteiger partial charge in [0.05, 0.1) is 31.0 Å². The Hall–Kier alpha value is -1.56. The molecule has 0 aliphatic carbocycles. The number of nitrogens with two attached hydrogens (primary N) is 1. The second-order valence-electron chi connectivity index (χ2n) is 4.24. The van der Waals surface area contributed by atoms with Crippen LogP contribution in [0.4, 0.5) is 5.69 Å². The molecule has 3 N–H and O–H groups in total. The highest BCUT2D eigenvalue weighted by Gasteiger charge is 2.20. The number of hydrogen-bond donors (Lipinski definition) is 2. The first-order valence-corrected chi connectivity index (χ1v) is 5.89. The van der Waals surface area contributed by atoms with Crippen LogP contribution in [0.2, 0.25) is 0 Å². The number of aromatic nitrogens is 2. The molecular weight excluding hydrogens is 220 g/mol. The summed E-state index contributed by atoms with van der Waals surface area (Å²) in [6, 6.07) is 0. The van der Waals surface area contributed by atoms with Crippen LogP contribution in [0.5, 0.6) is 0 Å². The zero-order chi connectivity index (χ0) is 12.1. The topological polar surface area (TPSA) is 82.2 Å². The molecule has 1 aliphatic heterocycles. The average molecular weight is 238 g/mol. The predicted molar refractivity (Wildman–Crippen MR) is 63.2 cm³/mol. The minimum Gasteiger partial charge on any atom is -0.396 e.